The second-order valence-corrected chi connectivity index (χ2v) is 6.69. The van der Waals surface area contributed by atoms with E-state index in [1.54, 1.807) is 0 Å². The number of methoxy groups -OCH3 is 2. The van der Waals surface area contributed by atoms with E-state index in [9.17, 15) is 21.6 Å². The maximum atomic E-state index is 12.9. The zero-order valence-corrected chi connectivity index (χ0v) is 12.5. The molecule has 1 atom stereocenters. The normalized spacial score (nSPS) is 13.9. The average Bonchev–Trinajstić information content (AvgIpc) is 2.27. The molecule has 1 unspecified atom stereocenters. The summed E-state index contributed by atoms with van der Waals surface area (Å²) in [7, 11) is 2.32. The van der Waals surface area contributed by atoms with Crippen molar-refractivity contribution in [3.8, 4) is 11.5 Å². The van der Waals surface area contributed by atoms with E-state index in [4.69, 9.17) is 31.8 Å². The van der Waals surface area contributed by atoms with Gasteiger partial charge in [-0.25, -0.2) is 8.42 Å². The van der Waals surface area contributed by atoms with Gasteiger partial charge in [-0.15, -0.1) is 0 Å². The van der Waals surface area contributed by atoms with Gasteiger partial charge in [0.15, 0.2) is 16.7 Å². The van der Waals surface area contributed by atoms with Crippen LogP contribution in [-0.4, -0.2) is 28.8 Å². The summed E-state index contributed by atoms with van der Waals surface area (Å²) in [6.07, 6.45) is -5.12. The molecule has 0 aliphatic rings. The van der Waals surface area contributed by atoms with Crippen molar-refractivity contribution in [2.24, 2.45) is 0 Å². The van der Waals surface area contributed by atoms with Gasteiger partial charge in [0.2, 0.25) is 9.05 Å². The molecule has 4 nitrogen and oxygen atoms in total. The Kier molecular flexibility index (Phi) is 5.04. The molecule has 0 amide bonds. The summed E-state index contributed by atoms with van der Waals surface area (Å²) < 4.78 is 70.8. The van der Waals surface area contributed by atoms with Gasteiger partial charge in [-0.05, 0) is 6.07 Å². The van der Waals surface area contributed by atoms with Crippen molar-refractivity contribution in [3.05, 3.63) is 22.7 Å². The van der Waals surface area contributed by atoms with Crippen LogP contribution >= 0.6 is 22.3 Å². The summed E-state index contributed by atoms with van der Waals surface area (Å²) in [6.45, 7) is 0. The molecule has 10 heteroatoms. The highest BCUT2D eigenvalue weighted by Crippen LogP contribution is 2.47. The van der Waals surface area contributed by atoms with Gasteiger partial charge in [0, 0.05) is 16.2 Å². The maximum absolute atomic E-state index is 12.9. The smallest absolute Gasteiger partial charge is 0.410 e. The Morgan fingerprint density at radius 2 is 1.75 bits per heavy atom. The first-order valence-corrected chi connectivity index (χ1v) is 7.69. The first-order chi connectivity index (χ1) is 9.04. The van der Waals surface area contributed by atoms with Crippen molar-refractivity contribution >= 4 is 31.3 Å². The first-order valence-electron chi connectivity index (χ1n) is 4.94. The van der Waals surface area contributed by atoms with Crippen molar-refractivity contribution in [3.63, 3.8) is 0 Å². The topological polar surface area (TPSA) is 52.6 Å². The van der Waals surface area contributed by atoms with E-state index in [1.807, 2.05) is 0 Å². The molecule has 20 heavy (non-hydrogen) atoms. The summed E-state index contributed by atoms with van der Waals surface area (Å²) >= 11 is 5.77. The third kappa shape index (κ3) is 3.42. The number of halogens is 5. The van der Waals surface area contributed by atoms with Crippen molar-refractivity contribution in [2.45, 2.75) is 11.4 Å². The summed E-state index contributed by atoms with van der Waals surface area (Å²) in [6, 6.07) is 1.99. The SMILES string of the molecule is COc1ccc(C(C(F)(F)F)S(=O)(=O)Cl)c(Cl)c1OC. The first kappa shape index (κ1) is 17.2. The van der Waals surface area contributed by atoms with Crippen molar-refractivity contribution < 1.29 is 31.1 Å². The molecule has 0 aliphatic carbocycles. The Morgan fingerprint density at radius 1 is 1.20 bits per heavy atom. The summed E-state index contributed by atoms with van der Waals surface area (Å²) in [4.78, 5) is 0. The van der Waals surface area contributed by atoms with E-state index >= 15 is 0 Å². The van der Waals surface area contributed by atoms with Gasteiger partial charge in [-0.1, -0.05) is 17.7 Å². The lowest BCUT2D eigenvalue weighted by Gasteiger charge is -2.20. The van der Waals surface area contributed by atoms with Gasteiger partial charge in [0.25, 0.3) is 0 Å². The number of hydrogen-bond donors (Lipinski definition) is 0. The minimum absolute atomic E-state index is 0.0640. The van der Waals surface area contributed by atoms with Crippen LogP contribution in [0.15, 0.2) is 12.1 Å². The molecule has 0 N–H and O–H groups in total. The van der Waals surface area contributed by atoms with Crippen LogP contribution in [0.5, 0.6) is 11.5 Å². The Labute approximate surface area is 122 Å². The van der Waals surface area contributed by atoms with E-state index in [0.717, 1.165) is 19.2 Å². The predicted octanol–water partition coefficient (Wildman–Crippen LogP) is 3.53. The van der Waals surface area contributed by atoms with Crippen LogP contribution in [0.3, 0.4) is 0 Å². The Hall–Kier alpha value is -0.860. The molecule has 0 spiro atoms. The molecule has 0 saturated carbocycles. The number of benzene rings is 1. The molecule has 0 aromatic heterocycles. The lowest BCUT2D eigenvalue weighted by Crippen LogP contribution is -2.26. The van der Waals surface area contributed by atoms with Crippen LogP contribution in [0, 0.1) is 0 Å². The number of ether oxygens (including phenoxy) is 2. The van der Waals surface area contributed by atoms with Crippen LogP contribution in [0.1, 0.15) is 10.8 Å². The summed E-state index contributed by atoms with van der Waals surface area (Å²) in [5, 5.41) is -3.48. The minimum Gasteiger partial charge on any atom is -0.493 e. The van der Waals surface area contributed by atoms with Gasteiger partial charge in [0.05, 0.1) is 19.2 Å². The zero-order valence-electron chi connectivity index (χ0n) is 10.2. The molecule has 0 radical (unpaired) electrons. The Morgan fingerprint density at radius 3 is 2.10 bits per heavy atom. The van der Waals surface area contributed by atoms with E-state index in [1.165, 1.54) is 7.11 Å². The standard InChI is InChI=1S/C10H9Cl2F3O4S/c1-18-6-4-3-5(7(11)8(6)19-2)9(10(13,14)15)20(12,16)17/h3-4,9H,1-2H3. The molecule has 114 valence electrons. The molecule has 1 rings (SSSR count). The lowest BCUT2D eigenvalue weighted by atomic mass is 10.1. The minimum atomic E-state index is -5.12. The van der Waals surface area contributed by atoms with Gasteiger partial charge in [-0.2, -0.15) is 13.2 Å². The molecule has 1 aromatic carbocycles. The fourth-order valence-corrected chi connectivity index (χ4v) is 3.41. The summed E-state index contributed by atoms with van der Waals surface area (Å²) in [5.41, 5.74) is -0.730. The largest absolute Gasteiger partial charge is 0.493 e. The van der Waals surface area contributed by atoms with Gasteiger partial charge >= 0.3 is 6.18 Å². The molecule has 0 saturated heterocycles. The maximum Gasteiger partial charge on any atom is 0.410 e. The lowest BCUT2D eigenvalue weighted by molar-refractivity contribution is -0.131. The van der Waals surface area contributed by atoms with E-state index in [0.29, 0.717) is 0 Å². The van der Waals surface area contributed by atoms with E-state index in [-0.39, 0.29) is 11.5 Å². The third-order valence-corrected chi connectivity index (χ3v) is 4.38. The monoisotopic (exact) mass is 352 g/mol. The van der Waals surface area contributed by atoms with Gasteiger partial charge < -0.3 is 9.47 Å². The van der Waals surface area contributed by atoms with E-state index in [2.05, 4.69) is 0 Å². The summed E-state index contributed by atoms with van der Waals surface area (Å²) in [5.74, 6) is -0.143. The highest BCUT2D eigenvalue weighted by Gasteiger charge is 2.50. The van der Waals surface area contributed by atoms with Gasteiger partial charge in [0.1, 0.15) is 0 Å². The van der Waals surface area contributed by atoms with Crippen molar-refractivity contribution in [2.75, 3.05) is 14.2 Å². The van der Waals surface area contributed by atoms with Crippen LogP contribution in [-0.2, 0) is 9.05 Å². The second kappa shape index (κ2) is 5.87. The number of hydrogen-bond acceptors (Lipinski definition) is 4. The van der Waals surface area contributed by atoms with Crippen LogP contribution in [0.4, 0.5) is 13.2 Å². The molecule has 0 fully saturated rings. The van der Waals surface area contributed by atoms with Crippen LogP contribution < -0.4 is 9.47 Å². The van der Waals surface area contributed by atoms with E-state index < -0.39 is 31.1 Å². The zero-order chi connectivity index (χ0) is 15.7. The fraction of sp³-hybridized carbons (Fsp3) is 0.400. The molecular weight excluding hydrogens is 344 g/mol. The quantitative estimate of drug-likeness (QED) is 0.778. The third-order valence-electron chi connectivity index (χ3n) is 2.38. The molecule has 0 heterocycles. The highest BCUT2D eigenvalue weighted by molar-refractivity contribution is 8.14. The second-order valence-electron chi connectivity index (χ2n) is 3.60. The van der Waals surface area contributed by atoms with Crippen molar-refractivity contribution in [1.82, 2.24) is 0 Å². The Balaban J connectivity index is 3.60. The predicted molar refractivity (Wildman–Crippen MR) is 68.1 cm³/mol. The van der Waals surface area contributed by atoms with Crippen LogP contribution in [0.2, 0.25) is 5.02 Å². The van der Waals surface area contributed by atoms with Gasteiger partial charge in [-0.3, -0.25) is 0 Å². The molecule has 0 aliphatic heterocycles. The highest BCUT2D eigenvalue weighted by atomic mass is 35.7. The number of alkyl halides is 3. The fourth-order valence-electron chi connectivity index (χ4n) is 1.59. The number of rotatable bonds is 4. The molecule has 1 aromatic rings. The molecule has 0 bridgehead atoms. The van der Waals surface area contributed by atoms with Crippen LogP contribution in [0.25, 0.3) is 0 Å². The average molecular weight is 353 g/mol. The Bertz CT molecular complexity index is 601. The van der Waals surface area contributed by atoms with Crippen molar-refractivity contribution in [1.29, 1.82) is 0 Å². The molecular formula is C10H9Cl2F3O4S.